The van der Waals surface area contributed by atoms with Crippen LogP contribution in [-0.4, -0.2) is 70.3 Å². The molecule has 2 saturated heterocycles. The minimum atomic E-state index is -0.543. The van der Waals surface area contributed by atoms with Crippen molar-refractivity contribution in [3.05, 3.63) is 18.0 Å². The van der Waals surface area contributed by atoms with Crippen LogP contribution < -0.4 is 0 Å². The number of hydrogen-bond acceptors (Lipinski definition) is 4. The van der Waals surface area contributed by atoms with E-state index in [9.17, 15) is 9.59 Å². The Kier molecular flexibility index (Phi) is 4.95. The van der Waals surface area contributed by atoms with Gasteiger partial charge in [-0.05, 0) is 32.3 Å². The van der Waals surface area contributed by atoms with Crippen molar-refractivity contribution in [2.24, 2.45) is 0 Å². The van der Waals surface area contributed by atoms with Gasteiger partial charge in [0.05, 0.1) is 13.2 Å². The van der Waals surface area contributed by atoms with Crippen LogP contribution in [-0.2, 0) is 16.1 Å². The van der Waals surface area contributed by atoms with E-state index in [1.807, 2.05) is 11.8 Å². The molecular weight excluding hydrogens is 296 g/mol. The molecule has 2 aliphatic heterocycles. The van der Waals surface area contributed by atoms with Gasteiger partial charge in [0.1, 0.15) is 5.69 Å². The van der Waals surface area contributed by atoms with Crippen molar-refractivity contribution < 1.29 is 14.3 Å². The Bertz CT molecular complexity index is 565. The van der Waals surface area contributed by atoms with E-state index in [0.29, 0.717) is 25.4 Å². The highest BCUT2D eigenvalue weighted by molar-refractivity contribution is 5.93. The zero-order chi connectivity index (χ0) is 16.2. The van der Waals surface area contributed by atoms with Crippen LogP contribution in [0.15, 0.2) is 12.3 Å². The summed E-state index contributed by atoms with van der Waals surface area (Å²) in [6.45, 7) is 5.51. The summed E-state index contributed by atoms with van der Waals surface area (Å²) in [6.07, 6.45) is 4.54. The lowest BCUT2D eigenvalue weighted by Crippen LogP contribution is -2.53. The molecule has 1 atom stereocenters. The molecule has 2 amide bonds. The normalized spacial score (nSPS) is 22.2. The van der Waals surface area contributed by atoms with Gasteiger partial charge in [0.2, 0.25) is 0 Å². The average molecular weight is 320 g/mol. The third kappa shape index (κ3) is 3.55. The smallest absolute Gasteiger partial charge is 0.274 e. The van der Waals surface area contributed by atoms with Crippen LogP contribution in [0.1, 0.15) is 36.7 Å². The minimum Gasteiger partial charge on any atom is -0.365 e. The monoisotopic (exact) mass is 320 g/mol. The molecule has 2 fully saturated rings. The van der Waals surface area contributed by atoms with Gasteiger partial charge in [-0.15, -0.1) is 0 Å². The summed E-state index contributed by atoms with van der Waals surface area (Å²) in [4.78, 5) is 28.6. The van der Waals surface area contributed by atoms with Crippen molar-refractivity contribution in [1.29, 1.82) is 0 Å². The second-order valence-electron chi connectivity index (χ2n) is 6.05. The van der Waals surface area contributed by atoms with Crippen molar-refractivity contribution in [3.63, 3.8) is 0 Å². The zero-order valence-corrected chi connectivity index (χ0v) is 13.6. The van der Waals surface area contributed by atoms with E-state index in [4.69, 9.17) is 4.74 Å². The quantitative estimate of drug-likeness (QED) is 0.824. The largest absolute Gasteiger partial charge is 0.365 e. The lowest BCUT2D eigenvalue weighted by Gasteiger charge is -2.36. The molecule has 1 aromatic heterocycles. The molecule has 3 rings (SSSR count). The lowest BCUT2D eigenvalue weighted by atomic mass is 10.1. The maximum Gasteiger partial charge on any atom is 0.274 e. The molecule has 0 aliphatic carbocycles. The molecule has 0 aromatic carbocycles. The van der Waals surface area contributed by atoms with Crippen LogP contribution in [0.2, 0.25) is 0 Å². The fraction of sp³-hybridized carbons (Fsp3) is 0.688. The Hall–Kier alpha value is -1.89. The van der Waals surface area contributed by atoms with Crippen molar-refractivity contribution in [3.8, 4) is 0 Å². The maximum atomic E-state index is 12.6. The van der Waals surface area contributed by atoms with Crippen LogP contribution in [0.4, 0.5) is 0 Å². The van der Waals surface area contributed by atoms with Gasteiger partial charge in [0, 0.05) is 32.4 Å². The van der Waals surface area contributed by atoms with Crippen molar-refractivity contribution >= 4 is 11.8 Å². The highest BCUT2D eigenvalue weighted by Crippen LogP contribution is 2.15. The van der Waals surface area contributed by atoms with Gasteiger partial charge in [0.15, 0.2) is 6.10 Å². The molecule has 0 bridgehead atoms. The van der Waals surface area contributed by atoms with Gasteiger partial charge in [-0.25, -0.2) is 0 Å². The summed E-state index contributed by atoms with van der Waals surface area (Å²) >= 11 is 0. The topological polar surface area (TPSA) is 67.7 Å². The van der Waals surface area contributed by atoms with Gasteiger partial charge < -0.3 is 14.5 Å². The summed E-state index contributed by atoms with van der Waals surface area (Å²) in [5.41, 5.74) is 0.429. The summed E-state index contributed by atoms with van der Waals surface area (Å²) in [5, 5.41) is 4.25. The van der Waals surface area contributed by atoms with Crippen molar-refractivity contribution in [1.82, 2.24) is 19.6 Å². The summed E-state index contributed by atoms with van der Waals surface area (Å²) in [6, 6.07) is 1.72. The molecule has 0 spiro atoms. The standard InChI is InChI=1S/C16H24N4O3/c1-2-20-9-6-13(17-20)15(21)19-10-11-23-14(12-19)16(22)18-7-4-3-5-8-18/h6,9,14H,2-5,7-8,10-12H2,1H3/t14-/m0/s1. The van der Waals surface area contributed by atoms with E-state index in [0.717, 1.165) is 32.5 Å². The van der Waals surface area contributed by atoms with Crippen LogP contribution in [0, 0.1) is 0 Å². The molecule has 126 valence electrons. The SMILES string of the molecule is CCn1ccc(C(=O)N2CCO[C@H](C(=O)N3CCCCC3)C2)n1. The summed E-state index contributed by atoms with van der Waals surface area (Å²) < 4.78 is 7.35. The Morgan fingerprint density at radius 3 is 2.70 bits per heavy atom. The number of hydrogen-bond donors (Lipinski definition) is 0. The first kappa shape index (κ1) is 16.0. The van der Waals surface area contributed by atoms with Gasteiger partial charge in [-0.2, -0.15) is 5.10 Å². The molecule has 1 aromatic rings. The fourth-order valence-corrected chi connectivity index (χ4v) is 3.11. The van der Waals surface area contributed by atoms with E-state index < -0.39 is 6.10 Å². The van der Waals surface area contributed by atoms with E-state index >= 15 is 0 Å². The van der Waals surface area contributed by atoms with Crippen LogP contribution in [0.3, 0.4) is 0 Å². The number of amides is 2. The molecule has 0 N–H and O–H groups in total. The molecule has 7 heteroatoms. The molecule has 0 radical (unpaired) electrons. The number of aryl methyl sites for hydroxylation is 1. The third-order valence-corrected chi connectivity index (χ3v) is 4.48. The predicted molar refractivity (Wildman–Crippen MR) is 84.0 cm³/mol. The van der Waals surface area contributed by atoms with Gasteiger partial charge >= 0.3 is 0 Å². The van der Waals surface area contributed by atoms with E-state index in [1.54, 1.807) is 21.8 Å². The molecular formula is C16H24N4O3. The Labute approximate surface area is 136 Å². The van der Waals surface area contributed by atoms with Gasteiger partial charge in [-0.3, -0.25) is 14.3 Å². The number of piperidine rings is 1. The molecule has 0 unspecified atom stereocenters. The second kappa shape index (κ2) is 7.12. The van der Waals surface area contributed by atoms with Crippen LogP contribution in [0.25, 0.3) is 0 Å². The Morgan fingerprint density at radius 2 is 2.00 bits per heavy atom. The Morgan fingerprint density at radius 1 is 1.22 bits per heavy atom. The molecule has 7 nitrogen and oxygen atoms in total. The second-order valence-corrected chi connectivity index (χ2v) is 6.05. The first-order valence-corrected chi connectivity index (χ1v) is 8.42. The highest BCUT2D eigenvalue weighted by Gasteiger charge is 2.33. The van der Waals surface area contributed by atoms with Crippen LogP contribution in [0.5, 0.6) is 0 Å². The molecule has 3 heterocycles. The van der Waals surface area contributed by atoms with E-state index in [2.05, 4.69) is 5.10 Å². The minimum absolute atomic E-state index is 0.0151. The van der Waals surface area contributed by atoms with Gasteiger partial charge in [-0.1, -0.05) is 0 Å². The van der Waals surface area contributed by atoms with Crippen molar-refractivity contribution in [2.75, 3.05) is 32.8 Å². The first-order chi connectivity index (χ1) is 11.2. The zero-order valence-electron chi connectivity index (χ0n) is 13.6. The number of carbonyl (C=O) groups excluding carboxylic acids is 2. The fourth-order valence-electron chi connectivity index (χ4n) is 3.11. The first-order valence-electron chi connectivity index (χ1n) is 8.42. The average Bonchev–Trinajstić information content (AvgIpc) is 3.10. The number of morpholine rings is 1. The summed E-state index contributed by atoms with van der Waals surface area (Å²) in [7, 11) is 0. The number of nitrogens with zero attached hydrogens (tertiary/aromatic N) is 4. The summed E-state index contributed by atoms with van der Waals surface area (Å²) in [5.74, 6) is -0.113. The number of ether oxygens (including phenoxy) is 1. The molecule has 0 saturated carbocycles. The number of rotatable bonds is 3. The number of carbonyl (C=O) groups is 2. The van der Waals surface area contributed by atoms with Gasteiger partial charge in [0.25, 0.3) is 11.8 Å². The van der Waals surface area contributed by atoms with E-state index in [1.165, 1.54) is 6.42 Å². The Balaban J connectivity index is 1.63. The van der Waals surface area contributed by atoms with Crippen LogP contribution >= 0.6 is 0 Å². The number of aromatic nitrogens is 2. The molecule has 23 heavy (non-hydrogen) atoms. The maximum absolute atomic E-state index is 12.6. The van der Waals surface area contributed by atoms with Crippen molar-refractivity contribution in [2.45, 2.75) is 38.8 Å². The number of likely N-dealkylation sites (tertiary alicyclic amines) is 1. The highest BCUT2D eigenvalue weighted by atomic mass is 16.5. The lowest BCUT2D eigenvalue weighted by molar-refractivity contribution is -0.149. The van der Waals surface area contributed by atoms with E-state index in [-0.39, 0.29) is 11.8 Å². The predicted octanol–water partition coefficient (Wildman–Crippen LogP) is 0.756. The molecule has 2 aliphatic rings. The third-order valence-electron chi connectivity index (χ3n) is 4.48.